The molecule has 1 aromatic carbocycles. The lowest BCUT2D eigenvalue weighted by atomic mass is 10.2. The van der Waals surface area contributed by atoms with Crippen LogP contribution in [0.4, 0.5) is 18.9 Å². The number of anilines is 1. The number of hydrogen-bond acceptors (Lipinski definition) is 3. The zero-order chi connectivity index (χ0) is 16.3. The minimum absolute atomic E-state index is 0.00108. The van der Waals surface area contributed by atoms with E-state index < -0.39 is 22.7 Å². The molecule has 0 bridgehead atoms. The number of halogens is 5. The third-order valence-corrected chi connectivity index (χ3v) is 3.29. The summed E-state index contributed by atoms with van der Waals surface area (Å²) in [6, 6.07) is 3.15. The summed E-state index contributed by atoms with van der Waals surface area (Å²) in [4.78, 5) is 19.6. The molecule has 1 aromatic heterocycles. The van der Waals surface area contributed by atoms with Crippen LogP contribution in [0.1, 0.15) is 11.4 Å². The molecular weight excluding hydrogens is 387 g/mol. The Hall–Kier alpha value is -1.67. The van der Waals surface area contributed by atoms with Crippen LogP contribution in [-0.2, 0) is 17.4 Å². The number of carbonyl (C=O) groups is 1. The standard InChI is InChI=1S/C13H8BrClF3N3O/c14-7-5-19-11(20-6-7)4-12(22)21-8-1-2-10(15)9(3-8)13(16,17)18/h1-3,5-6H,4H2,(H,21,22). The average molecular weight is 395 g/mol. The van der Waals surface area contributed by atoms with Gasteiger partial charge in [-0.2, -0.15) is 13.2 Å². The summed E-state index contributed by atoms with van der Waals surface area (Å²) in [6.45, 7) is 0. The molecule has 0 aliphatic rings. The van der Waals surface area contributed by atoms with Gasteiger partial charge in [-0.1, -0.05) is 11.6 Å². The van der Waals surface area contributed by atoms with Crippen molar-refractivity contribution < 1.29 is 18.0 Å². The number of amides is 1. The van der Waals surface area contributed by atoms with Crippen molar-refractivity contribution in [1.29, 1.82) is 0 Å². The minimum Gasteiger partial charge on any atom is -0.326 e. The van der Waals surface area contributed by atoms with E-state index in [2.05, 4.69) is 31.2 Å². The van der Waals surface area contributed by atoms with E-state index >= 15 is 0 Å². The average Bonchev–Trinajstić information content (AvgIpc) is 2.42. The highest BCUT2D eigenvalue weighted by Crippen LogP contribution is 2.36. The highest BCUT2D eigenvalue weighted by atomic mass is 79.9. The summed E-state index contributed by atoms with van der Waals surface area (Å²) < 4.78 is 38.8. The van der Waals surface area contributed by atoms with Crippen LogP contribution in [0.3, 0.4) is 0 Å². The maximum absolute atomic E-state index is 12.7. The molecule has 2 rings (SSSR count). The highest BCUT2D eigenvalue weighted by molar-refractivity contribution is 9.10. The van der Waals surface area contributed by atoms with Crippen LogP contribution >= 0.6 is 27.5 Å². The Morgan fingerprint density at radius 1 is 1.27 bits per heavy atom. The SMILES string of the molecule is O=C(Cc1ncc(Br)cn1)Nc1ccc(Cl)c(C(F)(F)F)c1. The lowest BCUT2D eigenvalue weighted by Crippen LogP contribution is -2.16. The van der Waals surface area contributed by atoms with Gasteiger partial charge >= 0.3 is 6.18 Å². The predicted molar refractivity (Wildman–Crippen MR) is 78.5 cm³/mol. The first-order valence-electron chi connectivity index (χ1n) is 5.89. The molecule has 9 heteroatoms. The summed E-state index contributed by atoms with van der Waals surface area (Å²) in [7, 11) is 0. The van der Waals surface area contributed by atoms with Gasteiger partial charge in [0.2, 0.25) is 5.91 Å². The van der Waals surface area contributed by atoms with Crippen LogP contribution < -0.4 is 5.32 Å². The number of nitrogens with zero attached hydrogens (tertiary/aromatic N) is 2. The highest BCUT2D eigenvalue weighted by Gasteiger charge is 2.33. The van der Waals surface area contributed by atoms with Crippen molar-refractivity contribution in [2.24, 2.45) is 0 Å². The lowest BCUT2D eigenvalue weighted by molar-refractivity contribution is -0.137. The maximum Gasteiger partial charge on any atom is 0.417 e. The van der Waals surface area contributed by atoms with Gasteiger partial charge < -0.3 is 5.32 Å². The molecule has 0 unspecified atom stereocenters. The largest absolute Gasteiger partial charge is 0.417 e. The molecule has 1 heterocycles. The molecule has 0 spiro atoms. The van der Waals surface area contributed by atoms with E-state index in [0.29, 0.717) is 4.47 Å². The topological polar surface area (TPSA) is 54.9 Å². The van der Waals surface area contributed by atoms with Crippen LogP contribution in [0.5, 0.6) is 0 Å². The minimum atomic E-state index is -4.59. The zero-order valence-electron chi connectivity index (χ0n) is 10.8. The predicted octanol–water partition coefficient (Wildman–Crippen LogP) is 4.09. The lowest BCUT2D eigenvalue weighted by Gasteiger charge is -2.11. The molecule has 0 atom stereocenters. The van der Waals surface area contributed by atoms with Crippen molar-refractivity contribution in [3.8, 4) is 0 Å². The number of aromatic nitrogens is 2. The Labute approximate surface area is 136 Å². The molecule has 0 saturated carbocycles. The van der Waals surface area contributed by atoms with Crippen molar-refractivity contribution in [3.05, 3.63) is 51.5 Å². The molecule has 22 heavy (non-hydrogen) atoms. The first-order valence-corrected chi connectivity index (χ1v) is 7.06. The second kappa shape index (κ2) is 6.62. The second-order valence-corrected chi connectivity index (χ2v) is 5.56. The van der Waals surface area contributed by atoms with Crippen molar-refractivity contribution in [1.82, 2.24) is 9.97 Å². The van der Waals surface area contributed by atoms with Gasteiger partial charge in [-0.3, -0.25) is 4.79 Å². The molecule has 0 radical (unpaired) electrons. The molecule has 0 saturated heterocycles. The third-order valence-electron chi connectivity index (χ3n) is 2.55. The second-order valence-electron chi connectivity index (χ2n) is 4.23. The molecule has 1 amide bonds. The Kier molecular flexibility index (Phi) is 5.02. The molecule has 0 aliphatic heterocycles. The van der Waals surface area contributed by atoms with Gasteiger partial charge in [0.05, 0.1) is 21.5 Å². The fraction of sp³-hybridized carbons (Fsp3) is 0.154. The number of rotatable bonds is 3. The van der Waals surface area contributed by atoms with E-state index in [1.165, 1.54) is 18.5 Å². The first kappa shape index (κ1) is 16.7. The number of carbonyl (C=O) groups excluding carboxylic acids is 1. The summed E-state index contributed by atoms with van der Waals surface area (Å²) in [5, 5.41) is 1.93. The van der Waals surface area contributed by atoms with Crippen LogP contribution in [0.25, 0.3) is 0 Å². The molecule has 0 fully saturated rings. The molecular formula is C13H8BrClF3N3O. The summed E-state index contributed by atoms with van der Waals surface area (Å²) in [5.74, 6) is -0.275. The van der Waals surface area contributed by atoms with Gasteiger partial charge in [0, 0.05) is 18.1 Å². The van der Waals surface area contributed by atoms with Crippen molar-refractivity contribution in [2.75, 3.05) is 5.32 Å². The summed E-state index contributed by atoms with van der Waals surface area (Å²) in [6.07, 6.45) is -1.80. The van der Waals surface area contributed by atoms with Crippen molar-refractivity contribution in [3.63, 3.8) is 0 Å². The van der Waals surface area contributed by atoms with Crippen LogP contribution in [0.15, 0.2) is 35.1 Å². The fourth-order valence-electron chi connectivity index (χ4n) is 1.60. The third kappa shape index (κ3) is 4.41. The van der Waals surface area contributed by atoms with Crippen molar-refractivity contribution >= 4 is 39.1 Å². The molecule has 116 valence electrons. The van der Waals surface area contributed by atoms with E-state index in [1.54, 1.807) is 0 Å². The van der Waals surface area contributed by atoms with Crippen LogP contribution in [0, 0.1) is 0 Å². The Bertz CT molecular complexity index is 692. The number of alkyl halides is 3. The van der Waals surface area contributed by atoms with E-state index in [1.807, 2.05) is 0 Å². The van der Waals surface area contributed by atoms with E-state index in [9.17, 15) is 18.0 Å². The molecule has 1 N–H and O–H groups in total. The Morgan fingerprint density at radius 2 is 1.91 bits per heavy atom. The molecule has 0 aliphatic carbocycles. The van der Waals surface area contributed by atoms with E-state index in [4.69, 9.17) is 11.6 Å². The fourth-order valence-corrected chi connectivity index (χ4v) is 2.03. The number of hydrogen-bond donors (Lipinski definition) is 1. The quantitative estimate of drug-likeness (QED) is 0.853. The summed E-state index contributed by atoms with van der Waals surface area (Å²) in [5.41, 5.74) is -1.01. The van der Waals surface area contributed by atoms with E-state index in [-0.39, 0.29) is 17.9 Å². The molecule has 2 aromatic rings. The van der Waals surface area contributed by atoms with Gasteiger partial charge in [-0.15, -0.1) is 0 Å². The smallest absolute Gasteiger partial charge is 0.326 e. The van der Waals surface area contributed by atoms with Gasteiger partial charge in [-0.25, -0.2) is 9.97 Å². The first-order chi connectivity index (χ1) is 10.3. The number of benzene rings is 1. The van der Waals surface area contributed by atoms with E-state index in [0.717, 1.165) is 12.1 Å². The van der Waals surface area contributed by atoms with Gasteiger partial charge in [-0.05, 0) is 34.1 Å². The van der Waals surface area contributed by atoms with Gasteiger partial charge in [0.25, 0.3) is 0 Å². The zero-order valence-corrected chi connectivity index (χ0v) is 13.1. The Balaban J connectivity index is 2.10. The maximum atomic E-state index is 12.7. The van der Waals surface area contributed by atoms with Crippen molar-refractivity contribution in [2.45, 2.75) is 12.6 Å². The van der Waals surface area contributed by atoms with Gasteiger partial charge in [0.15, 0.2) is 0 Å². The summed E-state index contributed by atoms with van der Waals surface area (Å²) >= 11 is 8.66. The number of nitrogens with one attached hydrogen (secondary N) is 1. The normalized spacial score (nSPS) is 11.3. The van der Waals surface area contributed by atoms with Crippen LogP contribution in [0.2, 0.25) is 5.02 Å². The van der Waals surface area contributed by atoms with Gasteiger partial charge in [0.1, 0.15) is 5.82 Å². The van der Waals surface area contributed by atoms with Crippen LogP contribution in [-0.4, -0.2) is 15.9 Å². The molecule has 4 nitrogen and oxygen atoms in total. The Morgan fingerprint density at radius 3 is 2.50 bits per heavy atom. The monoisotopic (exact) mass is 393 g/mol.